The van der Waals surface area contributed by atoms with Gasteiger partial charge in [0.05, 0.1) is 17.8 Å². The number of nitrogens with one attached hydrogen (secondary N) is 2. The van der Waals surface area contributed by atoms with Crippen molar-refractivity contribution in [3.8, 4) is 46.0 Å². The minimum absolute atomic E-state index is 0.0354. The Morgan fingerprint density at radius 2 is 1.93 bits per heavy atom. The Kier molecular flexibility index (Phi) is 6.86. The van der Waals surface area contributed by atoms with Gasteiger partial charge in [-0.05, 0) is 48.0 Å². The van der Waals surface area contributed by atoms with Gasteiger partial charge in [0, 0.05) is 17.9 Å². The minimum atomic E-state index is -4.76. The number of hydrogen-bond acceptors (Lipinski definition) is 13. The molecular weight excluding hydrogens is 554 g/mol. The van der Waals surface area contributed by atoms with Crippen molar-refractivity contribution in [2.24, 2.45) is 0 Å². The molecule has 0 unspecified atom stereocenters. The van der Waals surface area contributed by atoms with Crippen molar-refractivity contribution in [3.63, 3.8) is 0 Å². The zero-order valence-corrected chi connectivity index (χ0v) is 22.3. The van der Waals surface area contributed by atoms with Crippen molar-refractivity contribution in [2.75, 3.05) is 25.0 Å². The second kappa shape index (κ2) is 11.9. The molecule has 0 saturated heterocycles. The van der Waals surface area contributed by atoms with E-state index in [1.54, 1.807) is 24.3 Å². The number of ether oxygens (including phenoxy) is 3. The smallest absolute Gasteiger partial charge is 0.280 e. The second-order valence-electron chi connectivity index (χ2n) is 8.03. The number of tetrazole rings is 1. The maximum atomic E-state index is 13.6. The number of hydrogen-bond donors (Lipinski definition) is 3. The number of aromatic nitrogens is 8. The summed E-state index contributed by atoms with van der Waals surface area (Å²) in [5, 5.41) is 22.3. The van der Waals surface area contributed by atoms with E-state index in [-0.39, 0.29) is 46.9 Å². The average Bonchev–Trinajstić information content (AvgIpc) is 3.57. The molecule has 15 nitrogen and oxygen atoms in total. The first-order chi connectivity index (χ1) is 21.1. The zero-order chi connectivity index (χ0) is 31.4. The number of aliphatic hydroxyl groups excluding tert-OH is 1. The van der Waals surface area contributed by atoms with Crippen LogP contribution in [0.15, 0.2) is 65.9 Å². The van der Waals surface area contributed by atoms with Gasteiger partial charge in [-0.2, -0.15) is 18.6 Å². The van der Waals surface area contributed by atoms with Crippen molar-refractivity contribution in [1.82, 2.24) is 40.6 Å². The van der Waals surface area contributed by atoms with Crippen molar-refractivity contribution >= 4 is 15.8 Å². The molecule has 0 saturated carbocycles. The van der Waals surface area contributed by atoms with Crippen LogP contribution < -0.4 is 18.9 Å². The topological polar surface area (TPSA) is 200 Å². The van der Waals surface area contributed by atoms with Gasteiger partial charge in [-0.15, -0.1) is 10.2 Å². The molecule has 0 atom stereocenters. The van der Waals surface area contributed by atoms with Crippen LogP contribution in [-0.4, -0.2) is 74.4 Å². The largest absolute Gasteiger partial charge is 0.493 e. The fraction of sp³-hybridized carbons (Fsp3) is 0.160. The molecule has 210 valence electrons. The fourth-order valence-corrected chi connectivity index (χ4v) is 4.22. The summed E-state index contributed by atoms with van der Waals surface area (Å²) in [7, 11) is -3.34. The number of para-hydroxylation sites is 2. The molecule has 1 aromatic carbocycles. The summed E-state index contributed by atoms with van der Waals surface area (Å²) in [4.78, 5) is 16.8. The van der Waals surface area contributed by atoms with Crippen molar-refractivity contribution in [1.29, 1.82) is 0 Å². The van der Waals surface area contributed by atoms with E-state index < -0.39 is 45.7 Å². The van der Waals surface area contributed by atoms with Crippen LogP contribution >= 0.6 is 0 Å². The second-order valence-corrected chi connectivity index (χ2v) is 9.63. The fourth-order valence-electron chi connectivity index (χ4n) is 3.38. The Balaban J connectivity index is 1.71. The summed E-state index contributed by atoms with van der Waals surface area (Å²) < 4.78 is 70.9. The highest BCUT2D eigenvalue weighted by molar-refractivity contribution is 7.92. The number of H-pyrrole nitrogens is 1. The number of anilines is 1. The standard InChI is InChI=1S/C25H23N9O6S/c1-15-7-8-20(27-14-15)41(36,37)32-24-21(40-19-6-4-3-5-18(19)38-2)25(39-12-11-35)29-22(28-24)16-9-10-26-17(13-16)23-30-33-34-31-23/h3-10,13-14,35H,11-12H2,1-2H3,(H,28,29,32)(H,30,31,33,34)/i7D,8D,14D. The highest BCUT2D eigenvalue weighted by Crippen LogP contribution is 2.41. The predicted molar refractivity (Wildman–Crippen MR) is 144 cm³/mol. The van der Waals surface area contributed by atoms with Crippen LogP contribution in [0.5, 0.6) is 23.1 Å². The minimum Gasteiger partial charge on any atom is -0.493 e. The molecule has 41 heavy (non-hydrogen) atoms. The van der Waals surface area contributed by atoms with E-state index in [0.717, 1.165) is 0 Å². The van der Waals surface area contributed by atoms with Gasteiger partial charge in [0.2, 0.25) is 11.6 Å². The highest BCUT2D eigenvalue weighted by atomic mass is 32.2. The zero-order valence-electron chi connectivity index (χ0n) is 24.5. The normalized spacial score (nSPS) is 12.2. The predicted octanol–water partition coefficient (Wildman–Crippen LogP) is 2.39. The lowest BCUT2D eigenvalue weighted by atomic mass is 10.2. The van der Waals surface area contributed by atoms with Gasteiger partial charge in [-0.1, -0.05) is 18.2 Å². The monoisotopic (exact) mass is 580 g/mol. The van der Waals surface area contributed by atoms with Crippen LogP contribution in [0.3, 0.4) is 0 Å². The Morgan fingerprint density at radius 1 is 1.10 bits per heavy atom. The first-order valence-electron chi connectivity index (χ1n) is 13.3. The SMILES string of the molecule is [2H]c1nc(S(=O)(=O)Nc2nc(-c3ccnc(-c4nn[nH]n4)c3)nc(OCCO)c2Oc2ccccc2OC)c([2H])c([2H])c1C. The van der Waals surface area contributed by atoms with Crippen LogP contribution in [-0.2, 0) is 10.0 Å². The van der Waals surface area contributed by atoms with Crippen LogP contribution in [0.25, 0.3) is 22.9 Å². The third-order valence-electron chi connectivity index (χ3n) is 5.21. The number of rotatable bonds is 11. The molecule has 0 spiro atoms. The molecule has 5 aromatic rings. The Bertz CT molecular complexity index is 1930. The molecule has 0 aliphatic carbocycles. The van der Waals surface area contributed by atoms with Crippen LogP contribution in [0.2, 0.25) is 0 Å². The van der Waals surface area contributed by atoms with Crippen LogP contribution in [0.1, 0.15) is 9.68 Å². The molecule has 5 rings (SSSR count). The Morgan fingerprint density at radius 3 is 2.68 bits per heavy atom. The lowest BCUT2D eigenvalue weighted by Crippen LogP contribution is -2.17. The maximum absolute atomic E-state index is 13.6. The molecule has 0 aliphatic rings. The number of methoxy groups -OCH3 is 1. The van der Waals surface area contributed by atoms with Gasteiger partial charge >= 0.3 is 0 Å². The number of sulfonamides is 1. The van der Waals surface area contributed by atoms with E-state index >= 15 is 0 Å². The molecule has 0 radical (unpaired) electrons. The molecule has 4 heterocycles. The number of benzene rings is 1. The maximum Gasteiger partial charge on any atom is 0.280 e. The van der Waals surface area contributed by atoms with E-state index in [1.165, 1.54) is 32.4 Å². The lowest BCUT2D eigenvalue weighted by molar-refractivity contribution is 0.192. The average molecular weight is 581 g/mol. The molecule has 0 fully saturated rings. The van der Waals surface area contributed by atoms with Gasteiger partial charge in [0.25, 0.3) is 15.9 Å². The third kappa shape index (κ3) is 6.18. The number of aromatic amines is 1. The Hall–Kier alpha value is -5.22. The first-order valence-corrected chi connectivity index (χ1v) is 13.2. The summed E-state index contributed by atoms with van der Waals surface area (Å²) in [5.41, 5.74) is 0.658. The van der Waals surface area contributed by atoms with Crippen LogP contribution in [0.4, 0.5) is 5.82 Å². The summed E-state index contributed by atoms with van der Waals surface area (Å²) in [5.74, 6) is -0.516. The molecule has 0 aliphatic heterocycles. The van der Waals surface area contributed by atoms with Gasteiger partial charge in [-0.25, -0.2) is 9.97 Å². The van der Waals surface area contributed by atoms with Crippen molar-refractivity contribution in [3.05, 3.63) is 66.4 Å². The third-order valence-corrected chi connectivity index (χ3v) is 6.37. The van der Waals surface area contributed by atoms with E-state index in [2.05, 4.69) is 45.3 Å². The van der Waals surface area contributed by atoms with Crippen molar-refractivity contribution in [2.45, 2.75) is 11.9 Å². The van der Waals surface area contributed by atoms with E-state index in [4.69, 9.17) is 18.3 Å². The summed E-state index contributed by atoms with van der Waals surface area (Å²) in [6.07, 6.45) is 0.938. The van der Waals surface area contributed by atoms with Gasteiger partial charge in [0.1, 0.15) is 12.3 Å². The summed E-state index contributed by atoms with van der Waals surface area (Å²) in [6.45, 7) is 0.716. The van der Waals surface area contributed by atoms with Crippen molar-refractivity contribution < 1.29 is 31.8 Å². The summed E-state index contributed by atoms with van der Waals surface area (Å²) >= 11 is 0. The quantitative estimate of drug-likeness (QED) is 0.206. The van der Waals surface area contributed by atoms with Gasteiger partial charge in [-0.3, -0.25) is 9.71 Å². The molecule has 4 aromatic heterocycles. The molecular formula is C25H23N9O6S. The number of aliphatic hydroxyl groups is 1. The highest BCUT2D eigenvalue weighted by Gasteiger charge is 2.26. The lowest BCUT2D eigenvalue weighted by Gasteiger charge is -2.18. The van der Waals surface area contributed by atoms with E-state index in [0.29, 0.717) is 11.3 Å². The van der Waals surface area contributed by atoms with Gasteiger partial charge < -0.3 is 19.3 Å². The van der Waals surface area contributed by atoms with Crippen LogP contribution in [0, 0.1) is 6.92 Å². The Labute approximate surface area is 237 Å². The van der Waals surface area contributed by atoms with Gasteiger partial charge in [0.15, 0.2) is 28.2 Å². The number of pyridine rings is 2. The molecule has 16 heteroatoms. The molecule has 0 bridgehead atoms. The molecule has 0 amide bonds. The van der Waals surface area contributed by atoms with E-state index in [1.807, 2.05) is 0 Å². The summed E-state index contributed by atoms with van der Waals surface area (Å²) in [6, 6.07) is 8.36. The first kappa shape index (κ1) is 23.6. The van der Waals surface area contributed by atoms with E-state index in [9.17, 15) is 13.5 Å². The number of nitrogens with zero attached hydrogens (tertiary/aromatic N) is 7. The molecule has 3 N–H and O–H groups in total.